The Labute approximate surface area is 80.2 Å². The average Bonchev–Trinajstić information content (AvgIpc) is 2.17. The third-order valence-electron chi connectivity index (χ3n) is 2.29. The molecule has 0 unspecified atom stereocenters. The van der Waals surface area contributed by atoms with Gasteiger partial charge in [0.2, 0.25) is 0 Å². The summed E-state index contributed by atoms with van der Waals surface area (Å²) >= 11 is 0. The lowest BCUT2D eigenvalue weighted by atomic mass is 9.96. The number of rotatable bonds is 4. The molecule has 0 aromatic rings. The van der Waals surface area contributed by atoms with Crippen molar-refractivity contribution in [1.82, 2.24) is 0 Å². The average molecular weight is 182 g/mol. The lowest BCUT2D eigenvalue weighted by molar-refractivity contribution is 0.228. The minimum Gasteiger partial charge on any atom is -0.501 e. The third-order valence-corrected chi connectivity index (χ3v) is 2.29. The highest BCUT2D eigenvalue weighted by atomic mass is 16.5. The largest absolute Gasteiger partial charge is 0.501 e. The molecular formula is C11H18O2. The Morgan fingerprint density at radius 1 is 1.23 bits per heavy atom. The van der Waals surface area contributed by atoms with E-state index in [0.29, 0.717) is 5.92 Å². The summed E-state index contributed by atoms with van der Waals surface area (Å²) in [6.07, 6.45) is 7.52. The Hall–Kier alpha value is -0.920. The molecule has 0 saturated carbocycles. The molecule has 2 nitrogen and oxygen atoms in total. The zero-order valence-electron chi connectivity index (χ0n) is 8.67. The molecule has 0 amide bonds. The normalized spacial score (nSPS) is 17.8. The monoisotopic (exact) mass is 182 g/mol. The first-order chi connectivity index (χ1) is 6.30. The molecule has 74 valence electrons. The molecule has 0 aromatic carbocycles. The van der Waals surface area contributed by atoms with E-state index < -0.39 is 0 Å². The van der Waals surface area contributed by atoms with Gasteiger partial charge < -0.3 is 9.47 Å². The van der Waals surface area contributed by atoms with E-state index in [1.807, 2.05) is 0 Å². The highest BCUT2D eigenvalue weighted by Gasteiger charge is 2.14. The van der Waals surface area contributed by atoms with Gasteiger partial charge in [-0.3, -0.25) is 0 Å². The van der Waals surface area contributed by atoms with Crippen LogP contribution in [0.4, 0.5) is 0 Å². The Balaban J connectivity index is 2.64. The minimum absolute atomic E-state index is 0.489. The summed E-state index contributed by atoms with van der Waals surface area (Å²) in [6, 6.07) is 0. The highest BCUT2D eigenvalue weighted by Crippen LogP contribution is 2.25. The molecule has 0 spiro atoms. The van der Waals surface area contributed by atoms with Gasteiger partial charge in [-0.1, -0.05) is 13.3 Å². The number of ether oxygens (including phenoxy) is 2. The second-order valence-corrected chi connectivity index (χ2v) is 3.30. The lowest BCUT2D eigenvalue weighted by Crippen LogP contribution is -2.05. The van der Waals surface area contributed by atoms with Crippen LogP contribution in [0.25, 0.3) is 0 Å². The SMILES string of the molecule is CCCC1C=C(OC)CC(OC)=C1. The van der Waals surface area contributed by atoms with E-state index in [9.17, 15) is 0 Å². The maximum Gasteiger partial charge on any atom is 0.0996 e. The third kappa shape index (κ3) is 2.79. The van der Waals surface area contributed by atoms with Crippen molar-refractivity contribution in [3.05, 3.63) is 23.7 Å². The van der Waals surface area contributed by atoms with Crippen LogP contribution in [0.1, 0.15) is 26.2 Å². The van der Waals surface area contributed by atoms with Gasteiger partial charge in [0.05, 0.1) is 32.2 Å². The standard InChI is InChI=1S/C11H18O2/c1-4-5-9-6-10(12-2)8-11(7-9)13-3/h6-7,9H,4-5,8H2,1-3H3. The molecule has 0 bridgehead atoms. The van der Waals surface area contributed by atoms with Crippen molar-refractivity contribution in [2.75, 3.05) is 14.2 Å². The number of methoxy groups -OCH3 is 2. The second-order valence-electron chi connectivity index (χ2n) is 3.30. The van der Waals surface area contributed by atoms with Crippen LogP contribution in [0.15, 0.2) is 23.7 Å². The van der Waals surface area contributed by atoms with Crippen molar-refractivity contribution in [2.45, 2.75) is 26.2 Å². The highest BCUT2D eigenvalue weighted by molar-refractivity contribution is 5.18. The Bertz CT molecular complexity index is 196. The smallest absolute Gasteiger partial charge is 0.0996 e. The minimum atomic E-state index is 0.489. The molecule has 0 N–H and O–H groups in total. The van der Waals surface area contributed by atoms with E-state index in [4.69, 9.17) is 9.47 Å². The van der Waals surface area contributed by atoms with Crippen LogP contribution in [-0.4, -0.2) is 14.2 Å². The fourth-order valence-corrected chi connectivity index (χ4v) is 1.60. The maximum atomic E-state index is 5.24. The Kier molecular flexibility index (Phi) is 3.87. The van der Waals surface area contributed by atoms with Gasteiger partial charge in [0, 0.05) is 5.92 Å². The van der Waals surface area contributed by atoms with Crippen molar-refractivity contribution >= 4 is 0 Å². The van der Waals surface area contributed by atoms with E-state index in [1.54, 1.807) is 14.2 Å². The summed E-state index contributed by atoms with van der Waals surface area (Å²) in [6.45, 7) is 2.19. The van der Waals surface area contributed by atoms with Crippen LogP contribution >= 0.6 is 0 Å². The van der Waals surface area contributed by atoms with E-state index in [2.05, 4.69) is 19.1 Å². The van der Waals surface area contributed by atoms with Crippen LogP contribution in [0.5, 0.6) is 0 Å². The van der Waals surface area contributed by atoms with Crippen LogP contribution in [0, 0.1) is 5.92 Å². The molecule has 13 heavy (non-hydrogen) atoms. The molecule has 0 fully saturated rings. The van der Waals surface area contributed by atoms with Crippen molar-refractivity contribution in [2.24, 2.45) is 5.92 Å². The predicted octanol–water partition coefficient (Wildman–Crippen LogP) is 2.87. The summed E-state index contributed by atoms with van der Waals surface area (Å²) in [5.41, 5.74) is 0. The fourth-order valence-electron chi connectivity index (χ4n) is 1.60. The molecule has 0 aliphatic heterocycles. The molecule has 1 rings (SSSR count). The summed E-state index contributed by atoms with van der Waals surface area (Å²) in [5, 5.41) is 0. The zero-order chi connectivity index (χ0) is 9.68. The van der Waals surface area contributed by atoms with Gasteiger partial charge in [-0.15, -0.1) is 0 Å². The van der Waals surface area contributed by atoms with Gasteiger partial charge in [-0.05, 0) is 18.6 Å². The number of hydrogen-bond acceptors (Lipinski definition) is 2. The van der Waals surface area contributed by atoms with Gasteiger partial charge in [0.25, 0.3) is 0 Å². The summed E-state index contributed by atoms with van der Waals surface area (Å²) in [7, 11) is 3.43. The topological polar surface area (TPSA) is 18.5 Å². The molecule has 2 heteroatoms. The molecular weight excluding hydrogens is 164 g/mol. The van der Waals surface area contributed by atoms with Gasteiger partial charge in [-0.25, -0.2) is 0 Å². The summed E-state index contributed by atoms with van der Waals surface area (Å²) < 4.78 is 10.5. The first-order valence-corrected chi connectivity index (χ1v) is 4.79. The van der Waals surface area contributed by atoms with Crippen molar-refractivity contribution in [1.29, 1.82) is 0 Å². The van der Waals surface area contributed by atoms with Crippen LogP contribution in [0.3, 0.4) is 0 Å². The molecule has 0 aromatic heterocycles. The number of allylic oxidation sites excluding steroid dienone is 2. The van der Waals surface area contributed by atoms with E-state index >= 15 is 0 Å². The zero-order valence-corrected chi connectivity index (χ0v) is 8.67. The van der Waals surface area contributed by atoms with Crippen LogP contribution < -0.4 is 0 Å². The molecule has 0 heterocycles. The molecule has 1 aliphatic carbocycles. The molecule has 0 atom stereocenters. The van der Waals surface area contributed by atoms with E-state index in [-0.39, 0.29) is 0 Å². The van der Waals surface area contributed by atoms with Gasteiger partial charge in [0.15, 0.2) is 0 Å². The lowest BCUT2D eigenvalue weighted by Gasteiger charge is -2.18. The van der Waals surface area contributed by atoms with Crippen LogP contribution in [0.2, 0.25) is 0 Å². The first-order valence-electron chi connectivity index (χ1n) is 4.79. The van der Waals surface area contributed by atoms with Crippen molar-refractivity contribution in [3.8, 4) is 0 Å². The van der Waals surface area contributed by atoms with Gasteiger partial charge in [-0.2, -0.15) is 0 Å². The first kappa shape index (κ1) is 10.2. The van der Waals surface area contributed by atoms with E-state index in [1.165, 1.54) is 12.8 Å². The maximum absolute atomic E-state index is 5.24. The fraction of sp³-hybridized carbons (Fsp3) is 0.636. The summed E-state index contributed by atoms with van der Waals surface area (Å²) in [5.74, 6) is 2.54. The Morgan fingerprint density at radius 2 is 1.77 bits per heavy atom. The Morgan fingerprint density at radius 3 is 2.15 bits per heavy atom. The molecule has 1 aliphatic rings. The number of hydrogen-bond donors (Lipinski definition) is 0. The molecule has 0 saturated heterocycles. The van der Waals surface area contributed by atoms with Gasteiger partial charge >= 0.3 is 0 Å². The predicted molar refractivity (Wildman–Crippen MR) is 53.2 cm³/mol. The van der Waals surface area contributed by atoms with Crippen LogP contribution in [-0.2, 0) is 9.47 Å². The van der Waals surface area contributed by atoms with E-state index in [0.717, 1.165) is 17.9 Å². The van der Waals surface area contributed by atoms with Crippen molar-refractivity contribution in [3.63, 3.8) is 0 Å². The molecule has 0 radical (unpaired) electrons. The quantitative estimate of drug-likeness (QED) is 0.665. The summed E-state index contributed by atoms with van der Waals surface area (Å²) in [4.78, 5) is 0. The second kappa shape index (κ2) is 4.95. The van der Waals surface area contributed by atoms with Gasteiger partial charge in [0.1, 0.15) is 0 Å². The van der Waals surface area contributed by atoms with Crippen molar-refractivity contribution < 1.29 is 9.47 Å².